The zero-order valence-corrected chi connectivity index (χ0v) is 15.5. The molecule has 1 aromatic carbocycles. The zero-order valence-electron chi connectivity index (χ0n) is 15.5. The Bertz CT molecular complexity index is 1160. The van der Waals surface area contributed by atoms with E-state index in [-0.39, 0.29) is 21.7 Å². The standard InChI is InChI=1S/C20H15F4N3O3/c1-10-6-7-16(30-10)14-8-12(11-4-2-3-5-13(11)25-14)18(28)27-20(29,19(23)24)9-15(26-27)17(21)22/h2-8,17,19,29H,9H2,1H3/t20-/m1/s1. The number of rotatable bonds is 4. The Hall–Kier alpha value is -3.27. The monoisotopic (exact) mass is 421 g/mol. The van der Waals surface area contributed by atoms with Gasteiger partial charge in [0.15, 0.2) is 5.76 Å². The third kappa shape index (κ3) is 3.22. The number of hydrogen-bond acceptors (Lipinski definition) is 5. The van der Waals surface area contributed by atoms with Gasteiger partial charge >= 0.3 is 0 Å². The minimum Gasteiger partial charge on any atom is -0.460 e. The van der Waals surface area contributed by atoms with Gasteiger partial charge in [-0.05, 0) is 31.2 Å². The number of hydrazone groups is 1. The van der Waals surface area contributed by atoms with Crippen molar-refractivity contribution in [3.05, 3.63) is 53.8 Å². The van der Waals surface area contributed by atoms with Crippen molar-refractivity contribution in [2.75, 3.05) is 0 Å². The highest BCUT2D eigenvalue weighted by Crippen LogP contribution is 2.36. The number of fused-ring (bicyclic) bond motifs is 1. The van der Waals surface area contributed by atoms with Crippen molar-refractivity contribution in [1.82, 2.24) is 9.99 Å². The second kappa shape index (κ2) is 7.21. The highest BCUT2D eigenvalue weighted by molar-refractivity contribution is 6.08. The SMILES string of the molecule is Cc1ccc(-c2cc(C(=O)N3N=C(C(F)F)C[C@@]3(O)C(F)F)c3ccccc3n2)o1. The number of aryl methyl sites for hydroxylation is 1. The smallest absolute Gasteiger partial charge is 0.287 e. The van der Waals surface area contributed by atoms with Crippen LogP contribution < -0.4 is 0 Å². The highest BCUT2D eigenvalue weighted by Gasteiger charge is 2.53. The molecule has 30 heavy (non-hydrogen) atoms. The van der Waals surface area contributed by atoms with Gasteiger partial charge in [0.25, 0.3) is 18.8 Å². The molecule has 0 radical (unpaired) electrons. The fourth-order valence-corrected chi connectivity index (χ4v) is 3.27. The van der Waals surface area contributed by atoms with Gasteiger partial charge in [0.2, 0.25) is 5.72 Å². The number of para-hydroxylation sites is 1. The number of aromatic nitrogens is 1. The lowest BCUT2D eigenvalue weighted by atomic mass is 10.0. The summed E-state index contributed by atoms with van der Waals surface area (Å²) >= 11 is 0. The molecular weight excluding hydrogens is 406 g/mol. The Morgan fingerprint density at radius 2 is 1.93 bits per heavy atom. The van der Waals surface area contributed by atoms with Crippen LogP contribution in [-0.4, -0.2) is 45.3 Å². The van der Waals surface area contributed by atoms with E-state index in [4.69, 9.17) is 4.42 Å². The first-order valence-electron chi connectivity index (χ1n) is 8.88. The molecule has 156 valence electrons. The van der Waals surface area contributed by atoms with Crippen molar-refractivity contribution in [3.8, 4) is 11.5 Å². The number of alkyl halides is 4. The van der Waals surface area contributed by atoms with Gasteiger partial charge in [-0.2, -0.15) is 10.1 Å². The van der Waals surface area contributed by atoms with Crippen LogP contribution in [0.4, 0.5) is 17.6 Å². The van der Waals surface area contributed by atoms with Crippen LogP contribution >= 0.6 is 0 Å². The van der Waals surface area contributed by atoms with Crippen molar-refractivity contribution in [2.45, 2.75) is 31.9 Å². The molecule has 4 rings (SSSR count). The van der Waals surface area contributed by atoms with Crippen molar-refractivity contribution < 1.29 is 31.9 Å². The van der Waals surface area contributed by atoms with Crippen molar-refractivity contribution in [1.29, 1.82) is 0 Å². The van der Waals surface area contributed by atoms with Gasteiger partial charge in [0.05, 0.1) is 11.1 Å². The third-order valence-corrected chi connectivity index (χ3v) is 4.77. The number of carbonyl (C=O) groups is 1. The number of aliphatic hydroxyl groups is 1. The van der Waals surface area contributed by atoms with Gasteiger partial charge in [-0.3, -0.25) is 4.79 Å². The third-order valence-electron chi connectivity index (χ3n) is 4.77. The van der Waals surface area contributed by atoms with Crippen LogP contribution in [0.25, 0.3) is 22.4 Å². The average molecular weight is 421 g/mol. The first kappa shape index (κ1) is 20.0. The zero-order chi connectivity index (χ0) is 21.6. The normalized spacial score (nSPS) is 19.2. The molecule has 1 atom stereocenters. The first-order valence-corrected chi connectivity index (χ1v) is 8.88. The quantitative estimate of drug-likeness (QED) is 0.640. The van der Waals surface area contributed by atoms with Crippen LogP contribution in [0.1, 0.15) is 22.5 Å². The van der Waals surface area contributed by atoms with Crippen LogP contribution in [0, 0.1) is 6.92 Å². The maximum atomic E-state index is 13.6. The minimum absolute atomic E-state index is 0.0398. The molecule has 1 aliphatic heterocycles. The molecule has 1 amide bonds. The summed E-state index contributed by atoms with van der Waals surface area (Å²) in [6.07, 6.45) is -7.85. The maximum absolute atomic E-state index is 13.6. The molecule has 0 saturated carbocycles. The fraction of sp³-hybridized carbons (Fsp3) is 0.250. The Morgan fingerprint density at radius 3 is 2.57 bits per heavy atom. The predicted molar refractivity (Wildman–Crippen MR) is 99.4 cm³/mol. The number of amides is 1. The van der Waals surface area contributed by atoms with Gasteiger partial charge in [0.1, 0.15) is 17.2 Å². The highest BCUT2D eigenvalue weighted by atomic mass is 19.3. The summed E-state index contributed by atoms with van der Waals surface area (Å²) in [5.41, 5.74) is -3.71. The molecule has 0 fully saturated rings. The number of pyridine rings is 1. The maximum Gasteiger partial charge on any atom is 0.287 e. The Kier molecular flexibility index (Phi) is 4.81. The van der Waals surface area contributed by atoms with E-state index in [0.717, 1.165) is 0 Å². The Balaban J connectivity index is 1.88. The van der Waals surface area contributed by atoms with Crippen LogP contribution in [-0.2, 0) is 0 Å². The predicted octanol–water partition coefficient (Wildman–Crippen LogP) is 4.22. The van der Waals surface area contributed by atoms with Crippen molar-refractivity contribution in [3.63, 3.8) is 0 Å². The summed E-state index contributed by atoms with van der Waals surface area (Å²) in [7, 11) is 0. The van der Waals surface area contributed by atoms with Gasteiger partial charge in [-0.25, -0.2) is 22.5 Å². The number of hydrogen-bond donors (Lipinski definition) is 1. The average Bonchev–Trinajstić information content (AvgIpc) is 3.31. The summed E-state index contributed by atoms with van der Waals surface area (Å²) < 4.78 is 58.8. The molecule has 0 spiro atoms. The van der Waals surface area contributed by atoms with E-state index < -0.39 is 36.6 Å². The molecule has 0 unspecified atom stereocenters. The molecule has 10 heteroatoms. The van der Waals surface area contributed by atoms with Crippen molar-refractivity contribution in [2.24, 2.45) is 5.10 Å². The van der Waals surface area contributed by atoms with Gasteiger partial charge < -0.3 is 9.52 Å². The molecule has 1 N–H and O–H groups in total. The molecule has 3 aromatic rings. The van der Waals surface area contributed by atoms with E-state index in [1.54, 1.807) is 37.3 Å². The van der Waals surface area contributed by atoms with E-state index in [2.05, 4.69) is 10.1 Å². The second-order valence-corrected chi connectivity index (χ2v) is 6.85. The van der Waals surface area contributed by atoms with E-state index in [9.17, 15) is 27.5 Å². The van der Waals surface area contributed by atoms with E-state index in [1.807, 2.05) is 0 Å². The molecule has 2 aromatic heterocycles. The number of nitrogens with zero attached hydrogens (tertiary/aromatic N) is 3. The van der Waals surface area contributed by atoms with Gasteiger partial charge in [0, 0.05) is 11.8 Å². The summed E-state index contributed by atoms with van der Waals surface area (Å²) in [5.74, 6) is -0.239. The molecule has 0 saturated heterocycles. The van der Waals surface area contributed by atoms with Crippen molar-refractivity contribution >= 4 is 22.5 Å². The van der Waals surface area contributed by atoms with Crippen LogP contribution in [0.15, 0.2) is 52.0 Å². The first-order chi connectivity index (χ1) is 14.2. The molecular formula is C20H15F4N3O3. The molecule has 1 aliphatic rings. The van der Waals surface area contributed by atoms with Crippen LogP contribution in [0.5, 0.6) is 0 Å². The summed E-state index contributed by atoms with van der Waals surface area (Å²) in [6, 6.07) is 11.0. The second-order valence-electron chi connectivity index (χ2n) is 6.85. The lowest BCUT2D eigenvalue weighted by molar-refractivity contribution is -0.164. The van der Waals surface area contributed by atoms with E-state index in [0.29, 0.717) is 17.0 Å². The topological polar surface area (TPSA) is 78.9 Å². The summed E-state index contributed by atoms with van der Waals surface area (Å²) in [6.45, 7) is 1.71. The molecule has 0 aliphatic carbocycles. The van der Waals surface area contributed by atoms with Gasteiger partial charge in [-0.1, -0.05) is 18.2 Å². The minimum atomic E-state index is -3.51. The summed E-state index contributed by atoms with van der Waals surface area (Å²) in [4.78, 5) is 17.6. The Morgan fingerprint density at radius 1 is 1.20 bits per heavy atom. The lowest BCUT2D eigenvalue weighted by Crippen LogP contribution is -2.51. The number of benzene rings is 1. The fourth-order valence-electron chi connectivity index (χ4n) is 3.27. The lowest BCUT2D eigenvalue weighted by Gasteiger charge is -2.30. The Labute approximate surface area is 167 Å². The van der Waals surface area contributed by atoms with Gasteiger partial charge in [-0.15, -0.1) is 0 Å². The molecule has 6 nitrogen and oxygen atoms in total. The van der Waals surface area contributed by atoms with E-state index in [1.165, 1.54) is 12.1 Å². The number of halogens is 4. The summed E-state index contributed by atoms with van der Waals surface area (Å²) in [5, 5.41) is 14.0. The van der Waals surface area contributed by atoms with E-state index >= 15 is 0 Å². The van der Waals surface area contributed by atoms with Crippen LogP contribution in [0.2, 0.25) is 0 Å². The number of furan rings is 1. The van der Waals surface area contributed by atoms with Crippen LogP contribution in [0.3, 0.4) is 0 Å². The molecule has 3 heterocycles. The number of carbonyl (C=O) groups excluding carboxylic acids is 1. The molecule has 0 bridgehead atoms. The largest absolute Gasteiger partial charge is 0.460 e.